The van der Waals surface area contributed by atoms with E-state index in [4.69, 9.17) is 9.47 Å². The van der Waals surface area contributed by atoms with Gasteiger partial charge < -0.3 is 14.8 Å². The van der Waals surface area contributed by atoms with Gasteiger partial charge in [-0.05, 0) is 39.0 Å². The molecule has 0 radical (unpaired) electrons. The van der Waals surface area contributed by atoms with Crippen LogP contribution in [0.3, 0.4) is 0 Å². The quantitative estimate of drug-likeness (QED) is 0.840. The molecule has 2 heterocycles. The van der Waals surface area contributed by atoms with E-state index in [1.807, 2.05) is 39.0 Å². The fourth-order valence-corrected chi connectivity index (χ4v) is 3.30. The summed E-state index contributed by atoms with van der Waals surface area (Å²) in [4.78, 5) is 13.4. The van der Waals surface area contributed by atoms with Crippen molar-refractivity contribution in [2.45, 2.75) is 37.0 Å². The number of nitrogens with one attached hydrogen (secondary N) is 1. The standard InChI is InChI=1S/C17H21N3O3S/c1-11(2)20-16(6-7-18-20)19-17(21)12(3)24-13-4-5-14-15(10-13)23-9-8-22-14/h4-7,10-12H,8-9H2,1-3H3,(H,19,21)/t12-/m1/s1. The number of thioether (sulfide) groups is 1. The minimum Gasteiger partial charge on any atom is -0.486 e. The van der Waals surface area contributed by atoms with Gasteiger partial charge in [0.15, 0.2) is 11.5 Å². The Morgan fingerprint density at radius 3 is 2.71 bits per heavy atom. The summed E-state index contributed by atoms with van der Waals surface area (Å²) >= 11 is 1.48. The van der Waals surface area contributed by atoms with Crippen molar-refractivity contribution in [3.8, 4) is 11.5 Å². The van der Waals surface area contributed by atoms with Crippen LogP contribution in [0, 0.1) is 0 Å². The Morgan fingerprint density at radius 1 is 1.21 bits per heavy atom. The number of fused-ring (bicyclic) bond motifs is 1. The molecular weight excluding hydrogens is 326 g/mol. The molecule has 3 rings (SSSR count). The largest absolute Gasteiger partial charge is 0.486 e. The third-order valence-electron chi connectivity index (χ3n) is 3.61. The van der Waals surface area contributed by atoms with Crippen LogP contribution in [0.15, 0.2) is 35.4 Å². The van der Waals surface area contributed by atoms with Gasteiger partial charge in [0.05, 0.1) is 11.4 Å². The first kappa shape index (κ1) is 16.7. The van der Waals surface area contributed by atoms with Crippen molar-refractivity contribution in [2.24, 2.45) is 0 Å². The Hall–Kier alpha value is -2.15. The molecule has 0 unspecified atom stereocenters. The number of amides is 1. The van der Waals surface area contributed by atoms with Crippen LogP contribution in [0.5, 0.6) is 11.5 Å². The van der Waals surface area contributed by atoms with E-state index in [0.29, 0.717) is 19.0 Å². The van der Waals surface area contributed by atoms with Gasteiger partial charge in [0, 0.05) is 17.0 Å². The summed E-state index contributed by atoms with van der Waals surface area (Å²) in [5.41, 5.74) is 0. The maximum atomic E-state index is 12.4. The Balaban J connectivity index is 1.65. The zero-order valence-electron chi connectivity index (χ0n) is 14.0. The second-order valence-corrected chi connectivity index (χ2v) is 7.22. The lowest BCUT2D eigenvalue weighted by atomic mass is 10.3. The molecular formula is C17H21N3O3S. The lowest BCUT2D eigenvalue weighted by Crippen LogP contribution is -2.24. The molecule has 1 aromatic carbocycles. The van der Waals surface area contributed by atoms with Gasteiger partial charge in [0.1, 0.15) is 19.0 Å². The SMILES string of the molecule is CC(C)n1nccc1NC(=O)[C@@H](C)Sc1ccc2c(c1)OCCO2. The Morgan fingerprint density at radius 2 is 1.96 bits per heavy atom. The van der Waals surface area contributed by atoms with E-state index < -0.39 is 0 Å². The zero-order chi connectivity index (χ0) is 17.1. The molecule has 0 saturated carbocycles. The fourth-order valence-electron chi connectivity index (χ4n) is 2.41. The first-order valence-corrected chi connectivity index (χ1v) is 8.83. The van der Waals surface area contributed by atoms with Crippen molar-refractivity contribution in [3.63, 3.8) is 0 Å². The van der Waals surface area contributed by atoms with Crippen molar-refractivity contribution >= 4 is 23.5 Å². The van der Waals surface area contributed by atoms with E-state index in [2.05, 4.69) is 10.4 Å². The highest BCUT2D eigenvalue weighted by Crippen LogP contribution is 2.35. The van der Waals surface area contributed by atoms with E-state index >= 15 is 0 Å². The third kappa shape index (κ3) is 3.67. The van der Waals surface area contributed by atoms with E-state index in [1.165, 1.54) is 11.8 Å². The van der Waals surface area contributed by atoms with Gasteiger partial charge in [-0.25, -0.2) is 4.68 Å². The molecule has 7 heteroatoms. The molecule has 6 nitrogen and oxygen atoms in total. The molecule has 1 N–H and O–H groups in total. The van der Waals surface area contributed by atoms with Crippen molar-refractivity contribution in [1.29, 1.82) is 0 Å². The lowest BCUT2D eigenvalue weighted by molar-refractivity contribution is -0.115. The molecule has 24 heavy (non-hydrogen) atoms. The number of carbonyl (C=O) groups excluding carboxylic acids is 1. The first-order chi connectivity index (χ1) is 11.5. The average molecular weight is 347 g/mol. The van der Waals surface area contributed by atoms with Crippen LogP contribution in [-0.4, -0.2) is 34.2 Å². The maximum absolute atomic E-state index is 12.4. The predicted octanol–water partition coefficient (Wildman–Crippen LogP) is 3.35. The molecule has 0 bridgehead atoms. The number of hydrogen-bond acceptors (Lipinski definition) is 5. The van der Waals surface area contributed by atoms with Crippen molar-refractivity contribution in [1.82, 2.24) is 9.78 Å². The summed E-state index contributed by atoms with van der Waals surface area (Å²) in [5.74, 6) is 2.14. The van der Waals surface area contributed by atoms with E-state index in [0.717, 1.165) is 16.4 Å². The number of aromatic nitrogens is 2. The predicted molar refractivity (Wildman–Crippen MR) is 94.0 cm³/mol. The molecule has 1 amide bonds. The molecule has 1 aliphatic heterocycles. The summed E-state index contributed by atoms with van der Waals surface area (Å²) < 4.78 is 12.9. The number of nitrogens with zero attached hydrogens (tertiary/aromatic N) is 2. The van der Waals surface area contributed by atoms with Crippen LogP contribution in [-0.2, 0) is 4.79 Å². The normalized spacial score (nSPS) is 14.5. The molecule has 0 fully saturated rings. The van der Waals surface area contributed by atoms with Crippen LogP contribution in [0.2, 0.25) is 0 Å². The smallest absolute Gasteiger partial charge is 0.238 e. The summed E-state index contributed by atoms with van der Waals surface area (Å²) in [5, 5.41) is 6.92. The van der Waals surface area contributed by atoms with E-state index in [9.17, 15) is 4.79 Å². The number of carbonyl (C=O) groups is 1. The Bertz CT molecular complexity index is 730. The zero-order valence-corrected chi connectivity index (χ0v) is 14.8. The number of ether oxygens (including phenoxy) is 2. The van der Waals surface area contributed by atoms with Crippen molar-refractivity contribution < 1.29 is 14.3 Å². The van der Waals surface area contributed by atoms with Gasteiger partial charge in [0.25, 0.3) is 0 Å². The summed E-state index contributed by atoms with van der Waals surface area (Å²) in [6.07, 6.45) is 1.69. The Labute approximate surface area is 145 Å². The van der Waals surface area contributed by atoms with Crippen molar-refractivity contribution in [3.05, 3.63) is 30.5 Å². The summed E-state index contributed by atoms with van der Waals surface area (Å²) in [6, 6.07) is 7.74. The highest BCUT2D eigenvalue weighted by molar-refractivity contribution is 8.00. The lowest BCUT2D eigenvalue weighted by Gasteiger charge is -2.19. The second kappa shape index (κ2) is 7.17. The average Bonchev–Trinajstić information content (AvgIpc) is 3.03. The highest BCUT2D eigenvalue weighted by atomic mass is 32.2. The second-order valence-electron chi connectivity index (χ2n) is 5.81. The van der Waals surface area contributed by atoms with Gasteiger partial charge >= 0.3 is 0 Å². The minimum absolute atomic E-state index is 0.0581. The number of hydrogen-bond donors (Lipinski definition) is 1. The topological polar surface area (TPSA) is 65.4 Å². The first-order valence-electron chi connectivity index (χ1n) is 7.95. The van der Waals surface area contributed by atoms with Crippen LogP contribution in [0.4, 0.5) is 5.82 Å². The molecule has 0 aliphatic carbocycles. The minimum atomic E-state index is -0.247. The molecule has 1 aliphatic rings. The number of anilines is 1. The van der Waals surface area contributed by atoms with Gasteiger partial charge in [-0.1, -0.05) is 0 Å². The van der Waals surface area contributed by atoms with Crippen molar-refractivity contribution in [2.75, 3.05) is 18.5 Å². The number of benzene rings is 1. The summed E-state index contributed by atoms with van der Waals surface area (Å²) in [7, 11) is 0. The molecule has 2 aromatic rings. The molecule has 0 spiro atoms. The Kier molecular flexibility index (Phi) is 4.99. The van der Waals surface area contributed by atoms with Gasteiger partial charge in [-0.3, -0.25) is 4.79 Å². The monoisotopic (exact) mass is 347 g/mol. The molecule has 1 atom stereocenters. The van der Waals surface area contributed by atoms with Gasteiger partial charge in [0.2, 0.25) is 5.91 Å². The van der Waals surface area contributed by atoms with Gasteiger partial charge in [-0.2, -0.15) is 5.10 Å². The van der Waals surface area contributed by atoms with Crippen LogP contribution < -0.4 is 14.8 Å². The molecule has 1 aromatic heterocycles. The van der Waals surface area contributed by atoms with E-state index in [-0.39, 0.29) is 17.2 Å². The maximum Gasteiger partial charge on any atom is 0.238 e. The molecule has 0 saturated heterocycles. The molecule has 128 valence electrons. The fraction of sp³-hybridized carbons (Fsp3) is 0.412. The third-order valence-corrected chi connectivity index (χ3v) is 4.70. The van der Waals surface area contributed by atoms with Crippen LogP contribution in [0.25, 0.3) is 0 Å². The van der Waals surface area contributed by atoms with Gasteiger partial charge in [-0.15, -0.1) is 11.8 Å². The van der Waals surface area contributed by atoms with Crippen LogP contribution in [0.1, 0.15) is 26.8 Å². The highest BCUT2D eigenvalue weighted by Gasteiger charge is 2.19. The van der Waals surface area contributed by atoms with Crippen LogP contribution >= 0.6 is 11.8 Å². The number of rotatable bonds is 5. The summed E-state index contributed by atoms with van der Waals surface area (Å²) in [6.45, 7) is 7.05. The van der Waals surface area contributed by atoms with E-state index in [1.54, 1.807) is 16.9 Å².